The summed E-state index contributed by atoms with van der Waals surface area (Å²) in [6.07, 6.45) is 0. The molecule has 0 aromatic heterocycles. The summed E-state index contributed by atoms with van der Waals surface area (Å²) in [6.45, 7) is 5.90. The van der Waals surface area contributed by atoms with Gasteiger partial charge in [-0.2, -0.15) is 0 Å². The van der Waals surface area contributed by atoms with E-state index in [1.54, 1.807) is 13.0 Å². The molecule has 4 nitrogen and oxygen atoms in total. The Morgan fingerprint density at radius 1 is 1.35 bits per heavy atom. The third-order valence-corrected chi connectivity index (χ3v) is 5.02. The van der Waals surface area contributed by atoms with Crippen molar-refractivity contribution in [2.45, 2.75) is 25.7 Å². The first-order valence-electron chi connectivity index (χ1n) is 6.03. The van der Waals surface area contributed by atoms with E-state index in [0.717, 1.165) is 10.4 Å². The van der Waals surface area contributed by atoms with Gasteiger partial charge < -0.3 is 5.73 Å². The summed E-state index contributed by atoms with van der Waals surface area (Å²) >= 11 is 0. The third-order valence-electron chi connectivity index (χ3n) is 3.04. The quantitative estimate of drug-likeness (QED) is 0.902. The smallest absolute Gasteiger partial charge is 0.246 e. The zero-order valence-corrected chi connectivity index (χ0v) is 13.8. The van der Waals surface area contributed by atoms with Crippen molar-refractivity contribution in [2.75, 3.05) is 20.1 Å². The summed E-state index contributed by atoms with van der Waals surface area (Å²) in [5.74, 6) is -0.725. The monoisotopic (exact) mass is 324 g/mol. The topological polar surface area (TPSA) is 63.4 Å². The van der Waals surface area contributed by atoms with E-state index < -0.39 is 15.8 Å². The fraction of sp³-hybridized carbons (Fsp3) is 0.538. The minimum atomic E-state index is -3.84. The Kier molecular flexibility index (Phi) is 6.61. The maximum Gasteiger partial charge on any atom is 0.246 e. The Labute approximate surface area is 126 Å². The van der Waals surface area contributed by atoms with Gasteiger partial charge in [0.2, 0.25) is 10.0 Å². The number of rotatable bonds is 5. The molecule has 0 atom stereocenters. The van der Waals surface area contributed by atoms with Gasteiger partial charge in [0.05, 0.1) is 0 Å². The van der Waals surface area contributed by atoms with Gasteiger partial charge in [-0.05, 0) is 30.5 Å². The molecule has 0 bridgehead atoms. The van der Waals surface area contributed by atoms with E-state index in [4.69, 9.17) is 5.73 Å². The predicted molar refractivity (Wildman–Crippen MR) is 81.0 cm³/mol. The molecular weight excluding hydrogens is 303 g/mol. The lowest BCUT2D eigenvalue weighted by molar-refractivity contribution is 0.291. The lowest BCUT2D eigenvalue weighted by Crippen LogP contribution is -2.40. The highest BCUT2D eigenvalue weighted by molar-refractivity contribution is 7.89. The van der Waals surface area contributed by atoms with E-state index in [1.165, 1.54) is 13.1 Å². The molecular formula is C13H22ClFN2O2S. The molecule has 1 rings (SSSR count). The second kappa shape index (κ2) is 6.85. The molecule has 0 unspecified atom stereocenters. The van der Waals surface area contributed by atoms with Crippen molar-refractivity contribution in [1.82, 2.24) is 4.31 Å². The molecule has 1 aromatic rings. The predicted octanol–water partition coefficient (Wildman–Crippen LogP) is 2.16. The van der Waals surface area contributed by atoms with Crippen molar-refractivity contribution in [3.8, 4) is 0 Å². The van der Waals surface area contributed by atoms with Crippen molar-refractivity contribution in [2.24, 2.45) is 11.1 Å². The number of halogens is 2. The Morgan fingerprint density at radius 2 is 1.90 bits per heavy atom. The third kappa shape index (κ3) is 4.15. The fourth-order valence-electron chi connectivity index (χ4n) is 1.85. The first-order valence-corrected chi connectivity index (χ1v) is 7.47. The zero-order chi connectivity index (χ0) is 14.8. The molecule has 0 saturated carbocycles. The molecule has 0 heterocycles. The second-order valence-electron chi connectivity index (χ2n) is 5.52. The van der Waals surface area contributed by atoms with Crippen LogP contribution in [0.4, 0.5) is 4.39 Å². The van der Waals surface area contributed by atoms with E-state index in [0.29, 0.717) is 12.1 Å². The zero-order valence-electron chi connectivity index (χ0n) is 12.2. The first kappa shape index (κ1) is 19.3. The van der Waals surface area contributed by atoms with Crippen LogP contribution >= 0.6 is 12.4 Å². The molecule has 0 saturated heterocycles. The molecule has 0 aliphatic rings. The van der Waals surface area contributed by atoms with Crippen LogP contribution in [0.2, 0.25) is 0 Å². The van der Waals surface area contributed by atoms with Gasteiger partial charge in [0.25, 0.3) is 0 Å². The molecule has 7 heteroatoms. The summed E-state index contributed by atoms with van der Waals surface area (Å²) < 4.78 is 39.8. The Balaban J connectivity index is 0.00000361. The van der Waals surface area contributed by atoms with Crippen molar-refractivity contribution in [3.63, 3.8) is 0 Å². The molecule has 116 valence electrons. The highest BCUT2D eigenvalue weighted by Gasteiger charge is 2.30. The average molecular weight is 325 g/mol. The number of aryl methyl sites for hydroxylation is 1. The Hall–Kier alpha value is -0.690. The van der Waals surface area contributed by atoms with Gasteiger partial charge in [-0.3, -0.25) is 0 Å². The molecule has 0 amide bonds. The summed E-state index contributed by atoms with van der Waals surface area (Å²) in [5, 5.41) is 0. The van der Waals surface area contributed by atoms with Crippen LogP contribution in [0.1, 0.15) is 19.4 Å². The number of nitrogens with zero attached hydrogens (tertiary/aromatic N) is 1. The lowest BCUT2D eigenvalue weighted by Gasteiger charge is -2.28. The summed E-state index contributed by atoms with van der Waals surface area (Å²) in [7, 11) is -2.40. The lowest BCUT2D eigenvalue weighted by atomic mass is 9.94. The van der Waals surface area contributed by atoms with E-state index in [-0.39, 0.29) is 29.3 Å². The molecule has 0 spiro atoms. The van der Waals surface area contributed by atoms with Gasteiger partial charge in [-0.15, -0.1) is 12.4 Å². The normalized spacial score (nSPS) is 12.3. The van der Waals surface area contributed by atoms with E-state index in [1.807, 2.05) is 13.8 Å². The molecule has 2 N–H and O–H groups in total. The van der Waals surface area contributed by atoms with Gasteiger partial charge in [-0.25, -0.2) is 17.1 Å². The van der Waals surface area contributed by atoms with Gasteiger partial charge >= 0.3 is 0 Å². The number of hydrogen-bond donors (Lipinski definition) is 1. The second-order valence-corrected chi connectivity index (χ2v) is 7.50. The number of sulfonamides is 1. The van der Waals surface area contributed by atoms with Gasteiger partial charge in [0.1, 0.15) is 10.7 Å². The van der Waals surface area contributed by atoms with Crippen LogP contribution in [0, 0.1) is 18.2 Å². The summed E-state index contributed by atoms with van der Waals surface area (Å²) in [4.78, 5) is -0.259. The fourth-order valence-corrected chi connectivity index (χ4v) is 3.47. The largest absolute Gasteiger partial charge is 0.330 e. The summed E-state index contributed by atoms with van der Waals surface area (Å²) in [6, 6.07) is 4.23. The van der Waals surface area contributed by atoms with Crippen LogP contribution in [0.3, 0.4) is 0 Å². The molecule has 0 aliphatic heterocycles. The molecule has 0 radical (unpaired) electrons. The van der Waals surface area contributed by atoms with Gasteiger partial charge in [-0.1, -0.05) is 26.0 Å². The average Bonchev–Trinajstić information content (AvgIpc) is 2.27. The van der Waals surface area contributed by atoms with Crippen LogP contribution in [-0.4, -0.2) is 32.9 Å². The Bertz CT molecular complexity index is 541. The van der Waals surface area contributed by atoms with Crippen LogP contribution < -0.4 is 5.73 Å². The number of benzene rings is 1. The molecule has 0 aliphatic carbocycles. The van der Waals surface area contributed by atoms with E-state index in [2.05, 4.69) is 0 Å². The molecule has 20 heavy (non-hydrogen) atoms. The van der Waals surface area contributed by atoms with Gasteiger partial charge in [0, 0.05) is 13.6 Å². The van der Waals surface area contributed by atoms with Crippen LogP contribution in [0.25, 0.3) is 0 Å². The maximum atomic E-state index is 13.8. The van der Waals surface area contributed by atoms with E-state index >= 15 is 0 Å². The minimum Gasteiger partial charge on any atom is -0.330 e. The Morgan fingerprint density at radius 3 is 2.35 bits per heavy atom. The van der Waals surface area contributed by atoms with Gasteiger partial charge in [0.15, 0.2) is 0 Å². The highest BCUT2D eigenvalue weighted by Crippen LogP contribution is 2.25. The molecule has 0 fully saturated rings. The number of hydrogen-bond acceptors (Lipinski definition) is 3. The maximum absolute atomic E-state index is 13.8. The SMILES string of the molecule is Cc1cccc(F)c1S(=O)(=O)N(C)CC(C)(C)CN.Cl. The van der Waals surface area contributed by atoms with Crippen molar-refractivity contribution >= 4 is 22.4 Å². The van der Waals surface area contributed by atoms with Crippen LogP contribution in [0.15, 0.2) is 23.1 Å². The summed E-state index contributed by atoms with van der Waals surface area (Å²) in [5.41, 5.74) is 5.64. The first-order chi connectivity index (χ1) is 8.62. The van der Waals surface area contributed by atoms with Crippen LogP contribution in [-0.2, 0) is 10.0 Å². The standard InChI is InChI=1S/C13H21FN2O2S.ClH/c1-10-6-5-7-11(14)12(10)19(17,18)16(4)9-13(2,3)8-15;/h5-7H,8-9,15H2,1-4H3;1H. The van der Waals surface area contributed by atoms with E-state index in [9.17, 15) is 12.8 Å². The van der Waals surface area contributed by atoms with Crippen LogP contribution in [0.5, 0.6) is 0 Å². The molecule has 1 aromatic carbocycles. The minimum absolute atomic E-state index is 0. The van der Waals surface area contributed by atoms with Crippen molar-refractivity contribution in [1.29, 1.82) is 0 Å². The van der Waals surface area contributed by atoms with Crippen molar-refractivity contribution in [3.05, 3.63) is 29.6 Å². The van der Waals surface area contributed by atoms with Crippen molar-refractivity contribution < 1.29 is 12.8 Å². The highest BCUT2D eigenvalue weighted by atomic mass is 35.5. The number of nitrogens with two attached hydrogens (primary N) is 1.